The maximum atomic E-state index is 9.69. The summed E-state index contributed by atoms with van der Waals surface area (Å²) < 4.78 is 4.80. The Morgan fingerprint density at radius 1 is 0.490 bits per heavy atom. The number of aromatic nitrogens is 2. The third-order valence-electron chi connectivity index (χ3n) is 10.7. The molecule has 0 bridgehead atoms. The molecule has 1 aliphatic rings. The minimum atomic E-state index is -0.206. The number of nitriles is 1. The molecule has 0 aliphatic heterocycles. The number of nitrogens with zero attached hydrogens (tertiary/aromatic N) is 3. The van der Waals surface area contributed by atoms with Crippen LogP contribution in [0.2, 0.25) is 0 Å². The van der Waals surface area contributed by atoms with Crippen molar-refractivity contribution in [3.05, 3.63) is 168 Å². The number of hydrogen-bond donors (Lipinski definition) is 0. The van der Waals surface area contributed by atoms with Gasteiger partial charge in [0.2, 0.25) is 0 Å². The van der Waals surface area contributed by atoms with Crippen LogP contribution < -0.4 is 0 Å². The molecule has 230 valence electrons. The first-order valence-corrected chi connectivity index (χ1v) is 16.8. The first kappa shape index (κ1) is 27.7. The molecule has 0 spiro atoms. The maximum absolute atomic E-state index is 9.69. The number of fused-ring (bicyclic) bond motifs is 10. The minimum absolute atomic E-state index is 0.206. The zero-order chi connectivity index (χ0) is 32.9. The Morgan fingerprint density at radius 3 is 1.65 bits per heavy atom. The van der Waals surface area contributed by atoms with Crippen molar-refractivity contribution in [2.75, 3.05) is 0 Å². The highest BCUT2D eigenvalue weighted by molar-refractivity contribution is 6.14. The van der Waals surface area contributed by atoms with Gasteiger partial charge in [-0.15, -0.1) is 0 Å². The standard InChI is InChI=1S/C46H31N3/c1-46(2)39-23-21-29(28-47)25-38(39)36-22-24-43-44(45(36)46)37-17-5-8-20-42(37)49(43)33-14-10-12-31(27-33)30-11-9-13-32(26-30)48-40-18-6-3-15-34(40)35-16-4-7-19-41(35)48/h3-27H,1-2H3. The molecule has 0 saturated heterocycles. The van der Waals surface area contributed by atoms with Crippen LogP contribution in [0.4, 0.5) is 0 Å². The van der Waals surface area contributed by atoms with Crippen molar-refractivity contribution < 1.29 is 0 Å². The Hall–Kier alpha value is -6.37. The van der Waals surface area contributed by atoms with Crippen LogP contribution in [0.15, 0.2) is 152 Å². The summed E-state index contributed by atoms with van der Waals surface area (Å²) in [5, 5.41) is 14.7. The molecule has 0 N–H and O–H groups in total. The van der Waals surface area contributed by atoms with E-state index < -0.39 is 0 Å². The van der Waals surface area contributed by atoms with E-state index in [9.17, 15) is 5.26 Å². The third kappa shape index (κ3) is 3.83. The second kappa shape index (κ2) is 10.1. The third-order valence-corrected chi connectivity index (χ3v) is 10.7. The smallest absolute Gasteiger partial charge is 0.0991 e. The zero-order valence-electron chi connectivity index (χ0n) is 27.3. The number of para-hydroxylation sites is 3. The van der Waals surface area contributed by atoms with E-state index in [0.717, 1.165) is 11.4 Å². The number of rotatable bonds is 3. The van der Waals surface area contributed by atoms with Crippen molar-refractivity contribution in [2.45, 2.75) is 19.3 Å². The molecule has 9 aromatic rings. The van der Waals surface area contributed by atoms with Crippen LogP contribution in [0.5, 0.6) is 0 Å². The van der Waals surface area contributed by atoms with Gasteiger partial charge in [-0.1, -0.05) is 105 Å². The lowest BCUT2D eigenvalue weighted by Crippen LogP contribution is -2.15. The summed E-state index contributed by atoms with van der Waals surface area (Å²) in [6.07, 6.45) is 0. The summed E-state index contributed by atoms with van der Waals surface area (Å²) in [5.41, 5.74) is 14.9. The Morgan fingerprint density at radius 2 is 1.04 bits per heavy atom. The van der Waals surface area contributed by atoms with E-state index in [1.807, 2.05) is 6.07 Å². The van der Waals surface area contributed by atoms with Gasteiger partial charge in [-0.2, -0.15) is 5.26 Å². The van der Waals surface area contributed by atoms with E-state index >= 15 is 0 Å². The lowest BCUT2D eigenvalue weighted by atomic mass is 9.80. The van der Waals surface area contributed by atoms with E-state index in [-0.39, 0.29) is 5.41 Å². The van der Waals surface area contributed by atoms with Crippen molar-refractivity contribution in [1.82, 2.24) is 9.13 Å². The maximum Gasteiger partial charge on any atom is 0.0991 e. The van der Waals surface area contributed by atoms with Crippen LogP contribution in [-0.2, 0) is 5.41 Å². The summed E-state index contributed by atoms with van der Waals surface area (Å²) in [6, 6.07) is 57.0. The molecule has 2 heterocycles. The molecule has 3 nitrogen and oxygen atoms in total. The summed E-state index contributed by atoms with van der Waals surface area (Å²) in [6.45, 7) is 4.64. The van der Waals surface area contributed by atoms with Gasteiger partial charge in [0.15, 0.2) is 0 Å². The van der Waals surface area contributed by atoms with Gasteiger partial charge < -0.3 is 9.13 Å². The molecule has 2 aromatic heterocycles. The molecule has 7 aromatic carbocycles. The molecule has 0 fully saturated rings. The quantitative estimate of drug-likeness (QED) is 0.192. The number of hydrogen-bond acceptors (Lipinski definition) is 1. The van der Waals surface area contributed by atoms with Crippen LogP contribution in [0.25, 0.3) is 77.2 Å². The second-order valence-corrected chi connectivity index (χ2v) is 13.7. The summed E-state index contributed by atoms with van der Waals surface area (Å²) in [7, 11) is 0. The monoisotopic (exact) mass is 625 g/mol. The van der Waals surface area contributed by atoms with Gasteiger partial charge in [-0.3, -0.25) is 0 Å². The lowest BCUT2D eigenvalue weighted by Gasteiger charge is -2.22. The Labute approximate surface area is 284 Å². The Bertz CT molecular complexity index is 2820. The van der Waals surface area contributed by atoms with E-state index in [0.29, 0.717) is 5.56 Å². The minimum Gasteiger partial charge on any atom is -0.309 e. The van der Waals surface area contributed by atoms with Crippen molar-refractivity contribution in [1.29, 1.82) is 5.26 Å². The molecule has 0 amide bonds. The fourth-order valence-electron chi connectivity index (χ4n) is 8.58. The predicted octanol–water partition coefficient (Wildman–Crippen LogP) is 11.7. The highest BCUT2D eigenvalue weighted by Gasteiger charge is 2.38. The predicted molar refractivity (Wildman–Crippen MR) is 203 cm³/mol. The van der Waals surface area contributed by atoms with Gasteiger partial charge in [0.05, 0.1) is 33.7 Å². The summed E-state index contributed by atoms with van der Waals surface area (Å²) >= 11 is 0. The van der Waals surface area contributed by atoms with Gasteiger partial charge in [0, 0.05) is 38.3 Å². The first-order valence-electron chi connectivity index (χ1n) is 16.8. The summed E-state index contributed by atoms with van der Waals surface area (Å²) in [4.78, 5) is 0. The normalized spacial score (nSPS) is 13.2. The van der Waals surface area contributed by atoms with Gasteiger partial charge in [-0.05, 0) is 94.0 Å². The van der Waals surface area contributed by atoms with Gasteiger partial charge in [-0.25, -0.2) is 0 Å². The van der Waals surface area contributed by atoms with Crippen LogP contribution >= 0.6 is 0 Å². The average molecular weight is 626 g/mol. The van der Waals surface area contributed by atoms with Crippen LogP contribution in [0, 0.1) is 11.3 Å². The van der Waals surface area contributed by atoms with E-state index in [4.69, 9.17) is 0 Å². The van der Waals surface area contributed by atoms with Crippen LogP contribution in [0.1, 0.15) is 30.5 Å². The molecule has 0 radical (unpaired) electrons. The van der Waals surface area contributed by atoms with E-state index in [1.54, 1.807) is 0 Å². The molecular weight excluding hydrogens is 595 g/mol. The summed E-state index contributed by atoms with van der Waals surface area (Å²) in [5.74, 6) is 0. The molecule has 0 unspecified atom stereocenters. The highest BCUT2D eigenvalue weighted by Crippen LogP contribution is 2.53. The Kier molecular flexibility index (Phi) is 5.69. The van der Waals surface area contributed by atoms with Gasteiger partial charge >= 0.3 is 0 Å². The fraction of sp³-hybridized carbons (Fsp3) is 0.0652. The van der Waals surface area contributed by atoms with Crippen molar-refractivity contribution >= 4 is 43.6 Å². The van der Waals surface area contributed by atoms with Gasteiger partial charge in [0.25, 0.3) is 0 Å². The van der Waals surface area contributed by atoms with Crippen molar-refractivity contribution in [3.8, 4) is 39.7 Å². The molecular formula is C46H31N3. The van der Waals surface area contributed by atoms with Crippen molar-refractivity contribution in [2.24, 2.45) is 0 Å². The van der Waals surface area contributed by atoms with E-state index in [2.05, 4.69) is 175 Å². The lowest BCUT2D eigenvalue weighted by molar-refractivity contribution is 0.666. The van der Waals surface area contributed by atoms with Gasteiger partial charge in [0.1, 0.15) is 0 Å². The molecule has 10 rings (SSSR count). The molecule has 0 saturated carbocycles. The zero-order valence-corrected chi connectivity index (χ0v) is 27.3. The van der Waals surface area contributed by atoms with Crippen molar-refractivity contribution in [3.63, 3.8) is 0 Å². The van der Waals surface area contributed by atoms with Crippen LogP contribution in [0.3, 0.4) is 0 Å². The number of benzene rings is 7. The van der Waals surface area contributed by atoms with E-state index in [1.165, 1.54) is 77.0 Å². The molecule has 49 heavy (non-hydrogen) atoms. The first-order chi connectivity index (χ1) is 24.0. The highest BCUT2D eigenvalue weighted by atomic mass is 15.0. The average Bonchev–Trinajstić information content (AvgIpc) is 3.75. The SMILES string of the molecule is CC1(C)c2ccc(C#N)cc2-c2ccc3c(c21)c1ccccc1n3-c1cccc(-c2cccc(-n3c4ccccc4c4ccccc43)c2)c1. The molecule has 0 atom stereocenters. The topological polar surface area (TPSA) is 33.6 Å². The Balaban J connectivity index is 1.16. The van der Waals surface area contributed by atoms with Crippen LogP contribution in [-0.4, -0.2) is 9.13 Å². The molecule has 3 heteroatoms. The molecule has 1 aliphatic carbocycles. The fourth-order valence-corrected chi connectivity index (χ4v) is 8.58. The largest absolute Gasteiger partial charge is 0.309 e. The second-order valence-electron chi connectivity index (χ2n) is 13.7.